The summed E-state index contributed by atoms with van der Waals surface area (Å²) in [4.78, 5) is 23.0. The Morgan fingerprint density at radius 2 is 1.50 bits per heavy atom. The first-order valence-corrected chi connectivity index (χ1v) is 6.48. The number of hydrogen-bond acceptors (Lipinski definition) is 3. The van der Waals surface area contributed by atoms with Gasteiger partial charge in [-0.1, -0.05) is 26.7 Å². The second-order valence-electron chi connectivity index (χ2n) is 5.32. The number of hydrogen-bond donors (Lipinski definition) is 2. The van der Waals surface area contributed by atoms with Crippen molar-refractivity contribution in [2.75, 3.05) is 0 Å². The number of hydrazone groups is 1. The summed E-state index contributed by atoms with van der Waals surface area (Å²) in [6.45, 7) is 9.57. The number of nitrogens with one attached hydrogen (secondary N) is 2. The smallest absolute Gasteiger partial charge is 0.329 e. The van der Waals surface area contributed by atoms with Crippen LogP contribution in [0.3, 0.4) is 0 Å². The van der Waals surface area contributed by atoms with Crippen LogP contribution in [0, 0.1) is 0 Å². The normalized spacial score (nSPS) is 10.7. The Hall–Kier alpha value is -1.39. The van der Waals surface area contributed by atoms with Gasteiger partial charge in [0.1, 0.15) is 0 Å². The highest BCUT2D eigenvalue weighted by molar-refractivity contribution is 6.35. The Morgan fingerprint density at radius 3 is 1.89 bits per heavy atom. The van der Waals surface area contributed by atoms with Crippen molar-refractivity contribution in [3.63, 3.8) is 0 Å². The van der Waals surface area contributed by atoms with Crippen LogP contribution >= 0.6 is 0 Å². The van der Waals surface area contributed by atoms with E-state index >= 15 is 0 Å². The third-order valence-corrected chi connectivity index (χ3v) is 2.09. The van der Waals surface area contributed by atoms with Crippen molar-refractivity contribution in [3.05, 3.63) is 0 Å². The van der Waals surface area contributed by atoms with Gasteiger partial charge in [-0.2, -0.15) is 5.10 Å². The lowest BCUT2D eigenvalue weighted by Gasteiger charge is -2.19. The van der Waals surface area contributed by atoms with Crippen molar-refractivity contribution in [2.45, 2.75) is 65.8 Å². The van der Waals surface area contributed by atoms with Crippen LogP contribution in [-0.4, -0.2) is 23.1 Å². The Bertz CT molecular complexity index is 309. The van der Waals surface area contributed by atoms with E-state index in [0.29, 0.717) is 0 Å². The van der Waals surface area contributed by atoms with Crippen LogP contribution in [0.25, 0.3) is 0 Å². The number of rotatable bonds is 5. The Balaban J connectivity index is 4.37. The molecule has 0 aliphatic heterocycles. The standard InChI is InChI=1S/C13H25N3O2/c1-6-8-10(9-7-2)15-16-12(18)11(17)14-13(3,4)5/h6-9H2,1-5H3,(H,14,17)(H,16,18). The van der Waals surface area contributed by atoms with E-state index in [1.54, 1.807) is 0 Å². The van der Waals surface area contributed by atoms with Crippen molar-refractivity contribution >= 4 is 17.5 Å². The first kappa shape index (κ1) is 16.6. The van der Waals surface area contributed by atoms with Gasteiger partial charge in [0.25, 0.3) is 0 Å². The molecule has 0 rings (SSSR count). The molecule has 2 N–H and O–H groups in total. The molecule has 0 heterocycles. The van der Waals surface area contributed by atoms with Gasteiger partial charge in [-0.3, -0.25) is 9.59 Å². The summed E-state index contributed by atoms with van der Waals surface area (Å²) in [6, 6.07) is 0. The number of amides is 2. The molecule has 0 aliphatic carbocycles. The predicted molar refractivity (Wildman–Crippen MR) is 73.3 cm³/mol. The van der Waals surface area contributed by atoms with E-state index < -0.39 is 17.4 Å². The van der Waals surface area contributed by atoms with E-state index in [4.69, 9.17) is 0 Å². The maximum Gasteiger partial charge on any atom is 0.329 e. The van der Waals surface area contributed by atoms with E-state index in [2.05, 4.69) is 29.7 Å². The molecule has 18 heavy (non-hydrogen) atoms. The number of carbonyl (C=O) groups is 2. The molecule has 5 nitrogen and oxygen atoms in total. The monoisotopic (exact) mass is 255 g/mol. The lowest BCUT2D eigenvalue weighted by molar-refractivity contribution is -0.140. The van der Waals surface area contributed by atoms with Crippen molar-refractivity contribution in [1.82, 2.24) is 10.7 Å². The van der Waals surface area contributed by atoms with Crippen LogP contribution in [0.5, 0.6) is 0 Å². The van der Waals surface area contributed by atoms with Crippen molar-refractivity contribution in [2.24, 2.45) is 5.10 Å². The van der Waals surface area contributed by atoms with Crippen LogP contribution in [0.4, 0.5) is 0 Å². The van der Waals surface area contributed by atoms with Gasteiger partial charge < -0.3 is 5.32 Å². The summed E-state index contributed by atoms with van der Waals surface area (Å²) in [5.74, 6) is -1.37. The second kappa shape index (κ2) is 7.84. The number of nitrogens with zero attached hydrogens (tertiary/aromatic N) is 1. The molecule has 0 aromatic carbocycles. The molecule has 0 aliphatic rings. The molecule has 0 saturated carbocycles. The highest BCUT2D eigenvalue weighted by Crippen LogP contribution is 2.00. The Morgan fingerprint density at radius 1 is 1.00 bits per heavy atom. The zero-order chi connectivity index (χ0) is 14.2. The van der Waals surface area contributed by atoms with Crippen molar-refractivity contribution in [3.8, 4) is 0 Å². The van der Waals surface area contributed by atoms with Gasteiger partial charge >= 0.3 is 11.8 Å². The highest BCUT2D eigenvalue weighted by Gasteiger charge is 2.19. The SMILES string of the molecule is CCCC(CCC)=NNC(=O)C(=O)NC(C)(C)C. The predicted octanol–water partition coefficient (Wildman–Crippen LogP) is 1.97. The van der Waals surface area contributed by atoms with Gasteiger partial charge in [-0.25, -0.2) is 5.43 Å². The summed E-state index contributed by atoms with van der Waals surface area (Å²) in [5, 5.41) is 6.60. The van der Waals surface area contributed by atoms with Gasteiger partial charge in [0.05, 0.1) is 0 Å². The largest absolute Gasteiger partial charge is 0.343 e. The van der Waals surface area contributed by atoms with E-state index in [-0.39, 0.29) is 0 Å². The van der Waals surface area contributed by atoms with Gasteiger partial charge in [-0.15, -0.1) is 0 Å². The average Bonchev–Trinajstić information content (AvgIpc) is 2.23. The topological polar surface area (TPSA) is 70.6 Å². The summed E-state index contributed by atoms with van der Waals surface area (Å²) in [5.41, 5.74) is 2.82. The first-order chi connectivity index (χ1) is 8.30. The Labute approximate surface area is 109 Å². The summed E-state index contributed by atoms with van der Waals surface area (Å²) >= 11 is 0. The third-order valence-electron chi connectivity index (χ3n) is 2.09. The molecule has 2 amide bonds. The summed E-state index contributed by atoms with van der Waals surface area (Å²) < 4.78 is 0. The molecule has 0 unspecified atom stereocenters. The van der Waals surface area contributed by atoms with Crippen LogP contribution in [-0.2, 0) is 9.59 Å². The van der Waals surface area contributed by atoms with E-state index in [1.165, 1.54) is 0 Å². The van der Waals surface area contributed by atoms with Crippen LogP contribution in [0.15, 0.2) is 5.10 Å². The van der Waals surface area contributed by atoms with Crippen molar-refractivity contribution < 1.29 is 9.59 Å². The van der Waals surface area contributed by atoms with E-state index in [1.807, 2.05) is 20.8 Å². The van der Waals surface area contributed by atoms with Gasteiger partial charge in [0.15, 0.2) is 0 Å². The molecule has 0 fully saturated rings. The summed E-state index contributed by atoms with van der Waals surface area (Å²) in [6.07, 6.45) is 3.63. The first-order valence-electron chi connectivity index (χ1n) is 6.48. The zero-order valence-corrected chi connectivity index (χ0v) is 12.1. The molecule has 0 spiro atoms. The minimum atomic E-state index is -0.713. The Kier molecular flexibility index (Phi) is 7.24. The van der Waals surface area contributed by atoms with E-state index in [9.17, 15) is 9.59 Å². The number of carbonyl (C=O) groups excluding carboxylic acids is 2. The average molecular weight is 255 g/mol. The molecule has 104 valence electrons. The van der Waals surface area contributed by atoms with E-state index in [0.717, 1.165) is 31.4 Å². The van der Waals surface area contributed by atoms with Crippen molar-refractivity contribution in [1.29, 1.82) is 0 Å². The quantitative estimate of drug-likeness (QED) is 0.448. The molecular formula is C13H25N3O2. The lowest BCUT2D eigenvalue weighted by atomic mass is 10.1. The fraction of sp³-hybridized carbons (Fsp3) is 0.769. The van der Waals surface area contributed by atoms with Gasteiger partial charge in [0, 0.05) is 11.3 Å². The second-order valence-corrected chi connectivity index (χ2v) is 5.32. The maximum atomic E-state index is 11.5. The molecule has 0 radical (unpaired) electrons. The fourth-order valence-corrected chi connectivity index (χ4v) is 1.39. The molecule has 5 heteroatoms. The zero-order valence-electron chi connectivity index (χ0n) is 12.1. The van der Waals surface area contributed by atoms with Gasteiger partial charge in [0.2, 0.25) is 0 Å². The molecule has 0 atom stereocenters. The third kappa shape index (κ3) is 7.81. The summed E-state index contributed by atoms with van der Waals surface area (Å²) in [7, 11) is 0. The minimum Gasteiger partial charge on any atom is -0.343 e. The van der Waals surface area contributed by atoms with Crippen LogP contribution in [0.2, 0.25) is 0 Å². The molecule has 0 aromatic rings. The molecular weight excluding hydrogens is 230 g/mol. The maximum absolute atomic E-state index is 11.5. The van der Waals surface area contributed by atoms with Gasteiger partial charge in [-0.05, 0) is 33.6 Å². The fourth-order valence-electron chi connectivity index (χ4n) is 1.39. The lowest BCUT2D eigenvalue weighted by Crippen LogP contribution is -2.47. The van der Waals surface area contributed by atoms with Crippen LogP contribution < -0.4 is 10.7 Å². The van der Waals surface area contributed by atoms with Crippen LogP contribution in [0.1, 0.15) is 60.3 Å². The molecule has 0 saturated heterocycles. The molecule has 0 aromatic heterocycles. The highest BCUT2D eigenvalue weighted by atomic mass is 16.2. The minimum absolute atomic E-state index is 0.423. The molecule has 0 bridgehead atoms.